The van der Waals surface area contributed by atoms with Crippen molar-refractivity contribution in [1.29, 1.82) is 0 Å². The van der Waals surface area contributed by atoms with Gasteiger partial charge in [-0.2, -0.15) is 0 Å². The minimum Gasteiger partial charge on any atom is -0.353 e. The van der Waals surface area contributed by atoms with E-state index in [4.69, 9.17) is 0 Å². The Labute approximate surface area is 242 Å². The minimum atomic E-state index is -0.808. The smallest absolute Gasteiger partial charge is 0.247 e. The molecule has 0 aliphatic carbocycles. The van der Waals surface area contributed by atoms with Gasteiger partial charge in [0, 0.05) is 32.7 Å². The van der Waals surface area contributed by atoms with Crippen LogP contribution in [0.1, 0.15) is 37.3 Å². The molecule has 0 bridgehead atoms. The number of hydrogen-bond acceptors (Lipinski definition) is 4. The van der Waals surface area contributed by atoms with Crippen LogP contribution in [-0.4, -0.2) is 71.8 Å². The number of piperidine rings is 1. The van der Waals surface area contributed by atoms with E-state index >= 15 is 0 Å². The molecule has 3 amide bonds. The average Bonchev–Trinajstić information content (AvgIpc) is 3.01. The van der Waals surface area contributed by atoms with E-state index in [2.05, 4.69) is 51.9 Å². The van der Waals surface area contributed by atoms with Gasteiger partial charge in [-0.15, -0.1) is 0 Å². The molecule has 3 aromatic rings. The molecule has 2 aliphatic heterocycles. The topological polar surface area (TPSA) is 81.8 Å². The average molecular weight is 553 g/mol. The van der Waals surface area contributed by atoms with Gasteiger partial charge in [-0.1, -0.05) is 91.9 Å². The maximum Gasteiger partial charge on any atom is 0.247 e. The number of likely N-dealkylation sites (tertiary alicyclic amines) is 1. The second kappa shape index (κ2) is 13.1. The van der Waals surface area contributed by atoms with Gasteiger partial charge < -0.3 is 20.4 Å². The van der Waals surface area contributed by atoms with Crippen molar-refractivity contribution in [1.82, 2.24) is 20.4 Å². The summed E-state index contributed by atoms with van der Waals surface area (Å²) in [5, 5.41) is 5.85. The van der Waals surface area contributed by atoms with Gasteiger partial charge in [0.2, 0.25) is 17.7 Å². The molecule has 0 radical (unpaired) electrons. The zero-order valence-corrected chi connectivity index (χ0v) is 23.9. The van der Waals surface area contributed by atoms with Crippen molar-refractivity contribution in [2.75, 3.05) is 32.7 Å². The molecule has 2 aliphatic rings. The maximum atomic E-state index is 13.6. The Bertz CT molecular complexity index is 1320. The van der Waals surface area contributed by atoms with Gasteiger partial charge >= 0.3 is 0 Å². The molecule has 2 saturated heterocycles. The largest absolute Gasteiger partial charge is 0.353 e. The predicted octanol–water partition coefficient (Wildman–Crippen LogP) is 3.83. The molecule has 7 nitrogen and oxygen atoms in total. The summed E-state index contributed by atoms with van der Waals surface area (Å²) in [6.45, 7) is 5.14. The highest BCUT2D eigenvalue weighted by molar-refractivity contribution is 6.00. The second-order valence-corrected chi connectivity index (χ2v) is 11.2. The van der Waals surface area contributed by atoms with Gasteiger partial charge in [-0.05, 0) is 47.9 Å². The van der Waals surface area contributed by atoms with Crippen LogP contribution in [-0.2, 0) is 27.2 Å². The highest BCUT2D eigenvalue weighted by Crippen LogP contribution is 2.33. The Morgan fingerprint density at radius 3 is 2.15 bits per heavy atom. The third-order valence-electron chi connectivity index (χ3n) is 8.43. The number of amides is 3. The van der Waals surface area contributed by atoms with E-state index < -0.39 is 11.6 Å². The van der Waals surface area contributed by atoms with Crippen LogP contribution in [0.3, 0.4) is 0 Å². The summed E-state index contributed by atoms with van der Waals surface area (Å²) in [6.07, 6.45) is 3.20. The molecule has 1 spiro atoms. The van der Waals surface area contributed by atoms with Crippen molar-refractivity contribution in [3.05, 3.63) is 96.1 Å². The van der Waals surface area contributed by atoms with Crippen LogP contribution >= 0.6 is 0 Å². The van der Waals surface area contributed by atoms with Crippen molar-refractivity contribution in [2.24, 2.45) is 0 Å². The molecule has 1 atom stereocenters. The molecule has 2 fully saturated rings. The minimum absolute atomic E-state index is 0.0883. The first kappa shape index (κ1) is 28.6. The van der Waals surface area contributed by atoms with Gasteiger partial charge in [-0.3, -0.25) is 14.4 Å². The van der Waals surface area contributed by atoms with Crippen molar-refractivity contribution < 1.29 is 14.4 Å². The van der Waals surface area contributed by atoms with Crippen molar-refractivity contribution >= 4 is 17.7 Å². The van der Waals surface area contributed by atoms with Crippen molar-refractivity contribution in [3.63, 3.8) is 0 Å². The van der Waals surface area contributed by atoms with Gasteiger partial charge in [0.1, 0.15) is 11.6 Å². The van der Waals surface area contributed by atoms with Gasteiger partial charge in [0.15, 0.2) is 0 Å². The summed E-state index contributed by atoms with van der Waals surface area (Å²) >= 11 is 0. The van der Waals surface area contributed by atoms with Gasteiger partial charge in [0.25, 0.3) is 0 Å². The molecule has 0 unspecified atom stereocenters. The fourth-order valence-corrected chi connectivity index (χ4v) is 6.05. The van der Waals surface area contributed by atoms with Crippen LogP contribution < -0.4 is 10.6 Å². The molecule has 214 valence electrons. The summed E-state index contributed by atoms with van der Waals surface area (Å²) in [5.74, 6) is -0.366. The van der Waals surface area contributed by atoms with Crippen LogP contribution in [0.25, 0.3) is 11.1 Å². The highest BCUT2D eigenvalue weighted by atomic mass is 16.2. The lowest BCUT2D eigenvalue weighted by Crippen LogP contribution is -2.74. The Balaban J connectivity index is 1.14. The van der Waals surface area contributed by atoms with Crippen LogP contribution in [0.4, 0.5) is 0 Å². The predicted molar refractivity (Wildman–Crippen MR) is 161 cm³/mol. The molecule has 2 N–H and O–H groups in total. The summed E-state index contributed by atoms with van der Waals surface area (Å²) in [4.78, 5) is 44.1. The fourth-order valence-electron chi connectivity index (χ4n) is 6.05. The van der Waals surface area contributed by atoms with Crippen LogP contribution in [0.2, 0.25) is 0 Å². The standard InChI is InChI=1S/C34H40N4O3/c1-2-20-38-32(40)30(25-35-31(39)24-27-13-15-29(16-14-27)28-11-7-4-8-12-28)36-33(41)34(38)18-22-37(23-19-34)21-17-26-9-5-3-6-10-26/h3-16,30H,2,17-25H2,1H3,(H,35,39)(H,36,41)/t30-/m0/s1. The normalized spacial score (nSPS) is 18.8. The molecule has 2 heterocycles. The Morgan fingerprint density at radius 2 is 1.49 bits per heavy atom. The van der Waals surface area contributed by atoms with Crippen LogP contribution in [0.15, 0.2) is 84.9 Å². The third-order valence-corrected chi connectivity index (χ3v) is 8.43. The van der Waals surface area contributed by atoms with Crippen LogP contribution in [0, 0.1) is 0 Å². The number of nitrogens with zero attached hydrogens (tertiary/aromatic N) is 2. The highest BCUT2D eigenvalue weighted by Gasteiger charge is 2.53. The van der Waals surface area contributed by atoms with Gasteiger partial charge in [0.05, 0.1) is 6.42 Å². The quantitative estimate of drug-likeness (QED) is 0.401. The fraction of sp³-hybridized carbons (Fsp3) is 0.382. The lowest BCUT2D eigenvalue weighted by Gasteiger charge is -2.51. The van der Waals surface area contributed by atoms with Crippen molar-refractivity contribution in [3.8, 4) is 11.1 Å². The third kappa shape index (κ3) is 6.68. The molecule has 0 saturated carbocycles. The molecule has 5 rings (SSSR count). The number of carbonyl (C=O) groups excluding carboxylic acids is 3. The van der Waals surface area contributed by atoms with E-state index in [1.54, 1.807) is 4.90 Å². The summed E-state index contributed by atoms with van der Waals surface area (Å²) in [7, 11) is 0. The first-order valence-electron chi connectivity index (χ1n) is 14.8. The van der Waals surface area contributed by atoms with E-state index in [1.165, 1.54) is 5.56 Å². The Morgan fingerprint density at radius 1 is 0.854 bits per heavy atom. The lowest BCUT2D eigenvalue weighted by molar-refractivity contribution is -0.161. The van der Waals surface area contributed by atoms with E-state index in [1.807, 2.05) is 55.5 Å². The molecule has 7 heteroatoms. The number of hydrogen-bond donors (Lipinski definition) is 2. The van der Waals surface area contributed by atoms with E-state index in [0.29, 0.717) is 19.4 Å². The maximum absolute atomic E-state index is 13.6. The van der Waals surface area contributed by atoms with E-state index in [-0.39, 0.29) is 30.7 Å². The number of carbonyl (C=O) groups is 3. The summed E-state index contributed by atoms with van der Waals surface area (Å²) in [5.41, 5.74) is 3.61. The number of piperazine rings is 1. The Kier molecular flexibility index (Phi) is 9.14. The van der Waals surface area contributed by atoms with Crippen LogP contribution in [0.5, 0.6) is 0 Å². The zero-order valence-electron chi connectivity index (χ0n) is 23.9. The van der Waals surface area contributed by atoms with Crippen molar-refractivity contribution in [2.45, 2.75) is 50.6 Å². The summed E-state index contributed by atoms with van der Waals surface area (Å²) in [6, 6.07) is 27.7. The molecular formula is C34H40N4O3. The second-order valence-electron chi connectivity index (χ2n) is 11.2. The van der Waals surface area contributed by atoms with E-state index in [0.717, 1.165) is 49.2 Å². The molecule has 41 heavy (non-hydrogen) atoms. The van der Waals surface area contributed by atoms with E-state index in [9.17, 15) is 14.4 Å². The number of rotatable bonds is 10. The zero-order chi connectivity index (χ0) is 28.7. The molecule has 3 aromatic carbocycles. The molecular weight excluding hydrogens is 512 g/mol. The number of nitrogens with one attached hydrogen (secondary N) is 2. The van der Waals surface area contributed by atoms with Gasteiger partial charge in [-0.25, -0.2) is 0 Å². The first-order valence-corrected chi connectivity index (χ1v) is 14.8. The summed E-state index contributed by atoms with van der Waals surface area (Å²) < 4.78 is 0. The first-order chi connectivity index (χ1) is 20.0. The molecule has 0 aromatic heterocycles. The monoisotopic (exact) mass is 552 g/mol. The number of benzene rings is 3. The lowest BCUT2D eigenvalue weighted by atomic mass is 9.81. The Hall–Kier alpha value is -3.97. The SMILES string of the molecule is CCCN1C(=O)[C@H](CNC(=O)Cc2ccc(-c3ccccc3)cc2)NC(=O)C12CCN(CCc1ccccc1)CC2.